The van der Waals surface area contributed by atoms with Gasteiger partial charge in [0.15, 0.2) is 51.6 Å². The van der Waals surface area contributed by atoms with E-state index >= 15 is 0 Å². The van der Waals surface area contributed by atoms with Gasteiger partial charge in [-0.15, -0.1) is 8.78 Å². The number of nitrogens with one attached hydrogen (secondary N) is 3. The Kier molecular flexibility index (Phi) is 33.0. The predicted octanol–water partition coefficient (Wildman–Crippen LogP) is 27.4. The Labute approximate surface area is 785 Å². The molecule has 1 amide bonds. The van der Waals surface area contributed by atoms with Crippen LogP contribution in [0.3, 0.4) is 0 Å². The van der Waals surface area contributed by atoms with Crippen LogP contribution < -0.4 is 68.3 Å². The lowest BCUT2D eigenvalue weighted by Gasteiger charge is -2.16. The quantitative estimate of drug-likeness (QED) is 0.0848. The molecule has 3 aromatic heterocycles. The topological polar surface area (TPSA) is 265 Å². The van der Waals surface area contributed by atoms with Gasteiger partial charge in [-0.05, 0) is 237 Å². The van der Waals surface area contributed by atoms with E-state index in [0.29, 0.717) is 84.1 Å². The van der Waals surface area contributed by atoms with Gasteiger partial charge in [0.25, 0.3) is 0 Å². The van der Waals surface area contributed by atoms with Gasteiger partial charge in [0.1, 0.15) is 17.1 Å². The summed E-state index contributed by atoms with van der Waals surface area (Å²) in [7, 11) is 0. The normalized spacial score (nSPS) is 15.0. The van der Waals surface area contributed by atoms with Crippen molar-refractivity contribution in [2.45, 2.75) is 269 Å². The van der Waals surface area contributed by atoms with E-state index in [2.05, 4.69) is 216 Å². The second-order valence-electron chi connectivity index (χ2n) is 37.5. The average Bonchev–Trinajstić information content (AvgIpc) is 1.62. The van der Waals surface area contributed by atoms with E-state index in [-0.39, 0.29) is 51.4 Å². The number of carbonyl (C=O) groups excluding carboxylic acids is 3. The number of aromatic nitrogens is 2. The molecule has 25 heteroatoms. The van der Waals surface area contributed by atoms with Gasteiger partial charge in [0.2, 0.25) is 24.8 Å². The average molecular weight is 1860 g/mol. The van der Waals surface area contributed by atoms with Gasteiger partial charge >= 0.3 is 33.8 Å². The summed E-state index contributed by atoms with van der Waals surface area (Å²) >= 11 is 2.42. The highest BCUT2D eigenvalue weighted by molar-refractivity contribution is 7.16. The molecule has 0 aliphatic carbocycles. The van der Waals surface area contributed by atoms with Crippen molar-refractivity contribution in [3.05, 3.63) is 284 Å². The Morgan fingerprint density at radius 3 is 1.39 bits per heavy atom. The van der Waals surface area contributed by atoms with Crippen molar-refractivity contribution in [1.29, 1.82) is 0 Å². The number of amides is 1. The van der Waals surface area contributed by atoms with Crippen molar-refractivity contribution in [1.82, 2.24) is 9.97 Å². The number of aromatic amines is 2. The molecule has 10 heterocycles. The monoisotopic (exact) mass is 1850 g/mol. The van der Waals surface area contributed by atoms with Crippen LogP contribution in [0.2, 0.25) is 0 Å². The molecule has 20 rings (SSSR count). The molecule has 133 heavy (non-hydrogen) atoms. The third-order valence-corrected chi connectivity index (χ3v) is 24.4. The molecule has 0 spiro atoms. The zero-order valence-corrected chi connectivity index (χ0v) is 82.3. The van der Waals surface area contributed by atoms with Gasteiger partial charge in [0, 0.05) is 37.6 Å². The molecular formula is C108H125F2N3O18S2. The summed E-state index contributed by atoms with van der Waals surface area (Å²) in [6, 6.07) is 59.2. The van der Waals surface area contributed by atoms with E-state index in [1.807, 2.05) is 146 Å². The Balaban J connectivity index is 0.000000142. The molecule has 1 unspecified atom stereocenters. The zero-order chi connectivity index (χ0) is 97.0. The number of benzene rings is 10. The van der Waals surface area contributed by atoms with Crippen LogP contribution in [-0.2, 0) is 32.6 Å². The maximum atomic E-state index is 12.6. The summed E-state index contributed by atoms with van der Waals surface area (Å²) in [6.07, 6.45) is -2.69. The summed E-state index contributed by atoms with van der Waals surface area (Å²) in [5.74, 6) is 10.6. The lowest BCUT2D eigenvalue weighted by molar-refractivity contribution is -0.286. The van der Waals surface area contributed by atoms with E-state index < -0.39 is 23.3 Å². The molecule has 13 aromatic rings. The van der Waals surface area contributed by atoms with Crippen LogP contribution in [0.25, 0.3) is 31.6 Å². The first kappa shape index (κ1) is 101. The van der Waals surface area contributed by atoms with E-state index in [1.165, 1.54) is 67.5 Å². The SMILES string of the molecule is CC(C)c1ccc2[nH]c(=O)oc2c1.CC(C)c1ccc2c(c1)C(C)(C)C(=O)O2.CC(C)c1ccc2c(c1)CC(=O)N2.CC(C)c1ccc2c(c1)CC(=O)O2.CC(C)c1ccc2c(c1)OC(C)(C)O2.CC(C)c1ccc2c(c1)OC(F)(F)O2.CC(C)c1ccc2c(c1)OCO2.CC(C)c1ccc2oc(=O)sc2c1.CC(C)c1ccc2sc(=O)[nH]c2c1.CC1Oc2ccc(C(C)C)cc2O1. The lowest BCUT2D eigenvalue weighted by Crippen LogP contribution is -2.29. The van der Waals surface area contributed by atoms with Gasteiger partial charge in [-0.1, -0.05) is 240 Å². The standard InChI is InChI=1S/C13H16O2.C12H16O2.C11H13NO.C11H14O2.C11H12O2.C10H10F2O2.C10H11NO2.C10H11NOS.C10H10O2S.C10H12O2/c1-8(2)9-5-6-11-10(7-9)13(3,4)12(14)15-11;1-8(2)9-5-6-10-11(7-9)14-12(3,4)13-10;1-7(2)8-3-4-10-9(5-8)6-11(13)12-10;1-7(2)9-4-5-10-11(6-9)13-8(3)12-10;1-7(2)8-3-4-10-9(5-8)6-11(12)13-10;1-6(2)7-3-4-8-9(5-7)14-10(11,12)13-8;1-6(2)7-3-4-8-9(5-7)13-10(12)11-8;1-6(2)7-3-4-9-8(5-7)11-10(12)13-9;1-6(2)7-3-4-8-9(5-7)13-10(11)12-8;1-7(2)8-3-4-9-10(5-8)12-6-11-9/h5-8H,1-4H3;5-8H,1-4H3;3-5,7H,6H2,1-2H3,(H,12,13);4-8H,1-3H3;3-5,7H,6H2,1-2H3;3-6H,1-2H3;2*3-6H,1-2H3,(H,11,12);3-6H,1-2H3;3-5,7H,6H2,1-2H3. The van der Waals surface area contributed by atoms with Gasteiger partial charge in [0.05, 0.1) is 38.7 Å². The summed E-state index contributed by atoms with van der Waals surface area (Å²) in [5, 5.41) is 2.82. The fraction of sp³-hybridized carbons (Fsp3) is 0.389. The van der Waals surface area contributed by atoms with Crippen LogP contribution in [0.5, 0.6) is 57.5 Å². The minimum absolute atomic E-state index is 0.0240. The maximum Gasteiger partial charge on any atom is 0.586 e. The third-order valence-electron chi connectivity index (χ3n) is 22.8. The number of anilines is 1. The van der Waals surface area contributed by atoms with Gasteiger partial charge < -0.3 is 66.5 Å². The van der Waals surface area contributed by atoms with Crippen LogP contribution in [-0.4, -0.2) is 53.0 Å². The molecule has 1 atom stereocenters. The summed E-state index contributed by atoms with van der Waals surface area (Å²) in [6.45, 7) is 52.5. The number of alkyl halides is 2. The molecule has 7 aliphatic rings. The molecule has 0 bridgehead atoms. The number of carbonyl (C=O) groups is 3. The number of ether oxygens (including phenoxy) is 10. The second kappa shape index (κ2) is 43.5. The minimum Gasteiger partial charge on any atom is -0.454 e. The first-order chi connectivity index (χ1) is 62.6. The highest BCUT2D eigenvalue weighted by atomic mass is 32.1. The first-order valence-electron chi connectivity index (χ1n) is 45.4. The molecule has 0 saturated carbocycles. The van der Waals surface area contributed by atoms with E-state index in [0.717, 1.165) is 106 Å². The van der Waals surface area contributed by atoms with E-state index in [4.69, 9.17) is 46.7 Å². The Morgan fingerprint density at radius 2 is 0.797 bits per heavy atom. The number of hydrogen-bond acceptors (Lipinski definition) is 20. The number of fused-ring (bicyclic) bond motifs is 10. The van der Waals surface area contributed by atoms with Crippen LogP contribution in [0.4, 0.5) is 14.5 Å². The Morgan fingerprint density at radius 1 is 0.361 bits per heavy atom. The molecule has 0 fully saturated rings. The Bertz CT molecular complexity index is 6090. The van der Waals surface area contributed by atoms with Crippen LogP contribution >= 0.6 is 22.7 Å². The van der Waals surface area contributed by atoms with Gasteiger partial charge in [-0.2, -0.15) is 0 Å². The molecule has 706 valence electrons. The largest absolute Gasteiger partial charge is 0.586 e. The van der Waals surface area contributed by atoms with Crippen LogP contribution in [0.15, 0.2) is 205 Å². The fourth-order valence-corrected chi connectivity index (χ4v) is 15.9. The van der Waals surface area contributed by atoms with Gasteiger partial charge in [-0.3, -0.25) is 24.2 Å². The first-order valence-corrected chi connectivity index (χ1v) is 47.0. The van der Waals surface area contributed by atoms with Gasteiger partial charge in [-0.25, -0.2) is 9.59 Å². The number of esters is 2. The van der Waals surface area contributed by atoms with Crippen molar-refractivity contribution < 1.29 is 79.4 Å². The predicted molar refractivity (Wildman–Crippen MR) is 524 cm³/mol. The maximum absolute atomic E-state index is 12.6. The lowest BCUT2D eigenvalue weighted by atomic mass is 9.84. The van der Waals surface area contributed by atoms with Crippen LogP contribution in [0, 0.1) is 0 Å². The molecule has 3 N–H and O–H groups in total. The number of oxazole rings is 1. The summed E-state index contributed by atoms with van der Waals surface area (Å²) < 4.78 is 88.6. The fourth-order valence-electron chi connectivity index (χ4n) is 14.5. The summed E-state index contributed by atoms with van der Waals surface area (Å²) in [4.78, 5) is 71.7. The molecular weight excluding hydrogens is 1730 g/mol. The number of rotatable bonds is 10. The highest BCUT2D eigenvalue weighted by Crippen LogP contribution is 2.46. The van der Waals surface area contributed by atoms with Crippen LogP contribution in [0.1, 0.15) is 305 Å². The molecule has 21 nitrogen and oxygen atoms in total. The number of halogens is 2. The smallest absolute Gasteiger partial charge is 0.454 e. The van der Waals surface area contributed by atoms with Crippen molar-refractivity contribution in [3.63, 3.8) is 0 Å². The molecule has 7 aliphatic heterocycles. The Hall–Kier alpha value is -12.5. The highest BCUT2D eigenvalue weighted by Gasteiger charge is 2.44. The van der Waals surface area contributed by atoms with E-state index in [1.54, 1.807) is 12.1 Å². The minimum atomic E-state index is -3.52. The zero-order valence-electron chi connectivity index (χ0n) is 80.7. The number of H-pyrrole nitrogens is 2. The molecule has 10 aromatic carbocycles. The molecule has 0 radical (unpaired) electrons. The third kappa shape index (κ3) is 26.9. The number of hydrogen-bond donors (Lipinski definition) is 3. The number of thiazole rings is 1. The van der Waals surface area contributed by atoms with Crippen molar-refractivity contribution in [2.24, 2.45) is 0 Å². The van der Waals surface area contributed by atoms with Crippen molar-refractivity contribution in [2.75, 3.05) is 12.1 Å². The molecule has 0 saturated heterocycles. The van der Waals surface area contributed by atoms with E-state index in [9.17, 15) is 37.5 Å². The second-order valence-corrected chi connectivity index (χ2v) is 39.5. The summed E-state index contributed by atoms with van der Waals surface area (Å²) in [5.41, 5.74) is 19.0. The van der Waals surface area contributed by atoms with Crippen molar-refractivity contribution in [3.8, 4) is 57.5 Å². The van der Waals surface area contributed by atoms with Crippen molar-refractivity contribution >= 4 is 77.8 Å².